The van der Waals surface area contributed by atoms with Crippen LogP contribution in [0.4, 0.5) is 11.4 Å². The quantitative estimate of drug-likeness (QED) is 0.813. The third kappa shape index (κ3) is 3.64. The summed E-state index contributed by atoms with van der Waals surface area (Å²) in [6.45, 7) is 0. The molecule has 0 heterocycles. The monoisotopic (exact) mass is 348 g/mol. The SMILES string of the molecule is CO[P@](=O)(c1ccc(N(C)C)cc1)[C@@H](O)c1ccc(N(C)C)cc1. The van der Waals surface area contributed by atoms with Gasteiger partial charge in [-0.15, -0.1) is 0 Å². The lowest BCUT2D eigenvalue weighted by atomic mass is 10.2. The molecule has 0 unspecified atom stereocenters. The minimum atomic E-state index is -3.43. The van der Waals surface area contributed by atoms with Crippen LogP contribution in [-0.4, -0.2) is 40.4 Å². The minimum absolute atomic E-state index is 0.500. The van der Waals surface area contributed by atoms with Gasteiger partial charge in [0.15, 0.2) is 5.85 Å². The maximum Gasteiger partial charge on any atom is 0.263 e. The Morgan fingerprint density at radius 1 is 0.875 bits per heavy atom. The zero-order chi connectivity index (χ0) is 17.9. The van der Waals surface area contributed by atoms with E-state index in [1.165, 1.54) is 7.11 Å². The Labute approximate surface area is 143 Å². The lowest BCUT2D eigenvalue weighted by Gasteiger charge is -2.24. The molecule has 2 aromatic rings. The van der Waals surface area contributed by atoms with E-state index in [0.717, 1.165) is 11.4 Å². The molecule has 2 rings (SSSR count). The smallest absolute Gasteiger partial charge is 0.263 e. The van der Waals surface area contributed by atoms with Crippen LogP contribution in [0.5, 0.6) is 0 Å². The number of hydrogen-bond acceptors (Lipinski definition) is 5. The van der Waals surface area contributed by atoms with Crippen LogP contribution in [0.1, 0.15) is 11.4 Å². The van der Waals surface area contributed by atoms with Crippen LogP contribution >= 0.6 is 7.37 Å². The third-order valence-corrected chi connectivity index (χ3v) is 6.53. The molecule has 0 spiro atoms. The van der Waals surface area contributed by atoms with Crippen molar-refractivity contribution >= 4 is 24.0 Å². The van der Waals surface area contributed by atoms with E-state index in [0.29, 0.717) is 10.9 Å². The molecule has 6 heteroatoms. The van der Waals surface area contributed by atoms with Gasteiger partial charge in [0, 0.05) is 52.0 Å². The first-order valence-electron chi connectivity index (χ1n) is 7.68. The van der Waals surface area contributed by atoms with Crippen molar-refractivity contribution in [1.29, 1.82) is 0 Å². The Morgan fingerprint density at radius 2 is 1.29 bits per heavy atom. The Balaban J connectivity index is 2.35. The van der Waals surface area contributed by atoms with Gasteiger partial charge in [-0.2, -0.15) is 0 Å². The van der Waals surface area contributed by atoms with Crippen molar-refractivity contribution in [1.82, 2.24) is 0 Å². The molecular weight excluding hydrogens is 323 g/mol. The zero-order valence-electron chi connectivity index (χ0n) is 14.8. The summed E-state index contributed by atoms with van der Waals surface area (Å²) in [4.78, 5) is 3.92. The van der Waals surface area contributed by atoms with Gasteiger partial charge in [0.1, 0.15) is 0 Å². The Hall–Kier alpha value is -1.81. The number of rotatable bonds is 6. The molecule has 0 bridgehead atoms. The molecule has 0 amide bonds. The number of benzene rings is 2. The van der Waals surface area contributed by atoms with E-state index in [2.05, 4.69) is 0 Å². The predicted molar refractivity (Wildman–Crippen MR) is 101 cm³/mol. The Morgan fingerprint density at radius 3 is 1.67 bits per heavy atom. The van der Waals surface area contributed by atoms with Crippen LogP contribution in [0.2, 0.25) is 0 Å². The molecule has 0 aliphatic rings. The second-order valence-corrected chi connectivity index (χ2v) is 8.61. The van der Waals surface area contributed by atoms with Gasteiger partial charge in [-0.25, -0.2) is 0 Å². The first-order chi connectivity index (χ1) is 11.3. The normalized spacial score (nSPS) is 14.8. The molecule has 2 aromatic carbocycles. The summed E-state index contributed by atoms with van der Waals surface area (Å²) in [5, 5.41) is 11.2. The molecule has 24 heavy (non-hydrogen) atoms. The molecule has 0 aromatic heterocycles. The molecule has 5 nitrogen and oxygen atoms in total. The molecule has 0 aliphatic carbocycles. The van der Waals surface area contributed by atoms with Crippen LogP contribution in [0.15, 0.2) is 48.5 Å². The van der Waals surface area contributed by atoms with E-state index in [1.807, 2.05) is 62.3 Å². The zero-order valence-corrected chi connectivity index (χ0v) is 15.7. The summed E-state index contributed by atoms with van der Waals surface area (Å²) >= 11 is 0. The average Bonchev–Trinajstić information content (AvgIpc) is 2.60. The lowest BCUT2D eigenvalue weighted by molar-refractivity contribution is 0.229. The summed E-state index contributed by atoms with van der Waals surface area (Å²) in [6, 6.07) is 14.5. The van der Waals surface area contributed by atoms with Crippen molar-refractivity contribution in [3.8, 4) is 0 Å². The van der Waals surface area contributed by atoms with E-state index in [4.69, 9.17) is 4.52 Å². The summed E-state index contributed by atoms with van der Waals surface area (Å²) < 4.78 is 18.6. The highest BCUT2D eigenvalue weighted by Crippen LogP contribution is 2.57. The predicted octanol–water partition coefficient (Wildman–Crippen LogP) is 3.06. The molecule has 2 atom stereocenters. The molecular formula is C18H25N2O3P. The van der Waals surface area contributed by atoms with Gasteiger partial charge in [-0.3, -0.25) is 4.57 Å². The topological polar surface area (TPSA) is 53.0 Å². The number of aliphatic hydroxyl groups is 1. The third-order valence-electron chi connectivity index (χ3n) is 4.03. The maximum atomic E-state index is 13.3. The standard InChI is InChI=1S/C18H25N2O3P/c1-19(2)15-8-6-14(7-9-15)18(21)24(22,23-5)17-12-10-16(11-13-17)20(3)4/h6-13,18,21H,1-5H3/t18-,24-/m1/s1. The van der Waals surface area contributed by atoms with Crippen LogP contribution < -0.4 is 15.1 Å². The van der Waals surface area contributed by atoms with Crippen molar-refractivity contribution in [3.05, 3.63) is 54.1 Å². The van der Waals surface area contributed by atoms with E-state index in [1.54, 1.807) is 24.3 Å². The van der Waals surface area contributed by atoms with Gasteiger partial charge in [0.05, 0.1) is 0 Å². The second kappa shape index (κ2) is 7.39. The number of nitrogens with zero attached hydrogens (tertiary/aromatic N) is 2. The average molecular weight is 348 g/mol. The van der Waals surface area contributed by atoms with Crippen molar-refractivity contribution in [2.24, 2.45) is 0 Å². The molecule has 0 saturated carbocycles. The summed E-state index contributed by atoms with van der Waals surface area (Å²) in [7, 11) is 5.70. The van der Waals surface area contributed by atoms with Gasteiger partial charge in [-0.1, -0.05) is 12.1 Å². The highest BCUT2D eigenvalue weighted by molar-refractivity contribution is 7.67. The molecule has 0 radical (unpaired) electrons. The summed E-state index contributed by atoms with van der Waals surface area (Å²) in [5.74, 6) is -1.20. The number of aliphatic hydroxyl groups excluding tert-OH is 1. The van der Waals surface area contributed by atoms with Gasteiger partial charge in [0.25, 0.3) is 7.37 Å². The fraction of sp³-hybridized carbons (Fsp3) is 0.333. The van der Waals surface area contributed by atoms with Crippen LogP contribution in [-0.2, 0) is 9.09 Å². The number of hydrogen-bond donors (Lipinski definition) is 1. The van der Waals surface area contributed by atoms with Gasteiger partial charge < -0.3 is 19.4 Å². The lowest BCUT2D eigenvalue weighted by Crippen LogP contribution is -2.15. The van der Waals surface area contributed by atoms with Crippen molar-refractivity contribution in [3.63, 3.8) is 0 Å². The fourth-order valence-corrected chi connectivity index (χ4v) is 4.27. The number of anilines is 2. The van der Waals surface area contributed by atoms with Gasteiger partial charge >= 0.3 is 0 Å². The van der Waals surface area contributed by atoms with Crippen molar-refractivity contribution < 1.29 is 14.2 Å². The highest BCUT2D eigenvalue weighted by Gasteiger charge is 2.35. The first kappa shape index (κ1) is 18.5. The minimum Gasteiger partial charge on any atom is -0.378 e. The fourth-order valence-electron chi connectivity index (χ4n) is 2.45. The Bertz CT molecular complexity index is 712. The second-order valence-electron chi connectivity index (χ2n) is 6.05. The molecule has 0 saturated heterocycles. The molecule has 0 aliphatic heterocycles. The molecule has 130 valence electrons. The van der Waals surface area contributed by atoms with Crippen LogP contribution in [0, 0.1) is 0 Å². The molecule has 1 N–H and O–H groups in total. The maximum absolute atomic E-state index is 13.3. The van der Waals surface area contributed by atoms with E-state index >= 15 is 0 Å². The van der Waals surface area contributed by atoms with Gasteiger partial charge in [0.2, 0.25) is 0 Å². The largest absolute Gasteiger partial charge is 0.378 e. The van der Waals surface area contributed by atoms with Gasteiger partial charge in [-0.05, 0) is 42.0 Å². The summed E-state index contributed by atoms with van der Waals surface area (Å²) in [5.41, 5.74) is 2.57. The van der Waals surface area contributed by atoms with Crippen molar-refractivity contribution in [2.75, 3.05) is 45.1 Å². The Kier molecular flexibility index (Phi) is 5.70. The van der Waals surface area contributed by atoms with Crippen LogP contribution in [0.25, 0.3) is 0 Å². The van der Waals surface area contributed by atoms with E-state index < -0.39 is 13.2 Å². The first-order valence-corrected chi connectivity index (χ1v) is 9.37. The van der Waals surface area contributed by atoms with E-state index in [-0.39, 0.29) is 0 Å². The van der Waals surface area contributed by atoms with Crippen LogP contribution in [0.3, 0.4) is 0 Å². The molecule has 0 fully saturated rings. The highest BCUT2D eigenvalue weighted by atomic mass is 31.2. The van der Waals surface area contributed by atoms with E-state index in [9.17, 15) is 9.67 Å². The summed E-state index contributed by atoms with van der Waals surface area (Å²) in [6.07, 6.45) is 0. The van der Waals surface area contributed by atoms with Crippen molar-refractivity contribution in [2.45, 2.75) is 5.85 Å².